The maximum atomic E-state index is 12.8. The monoisotopic (exact) mass is 319 g/mol. The van der Waals surface area contributed by atoms with Gasteiger partial charge >= 0.3 is 0 Å². The highest BCUT2D eigenvalue weighted by Gasteiger charge is 2.35. The van der Waals surface area contributed by atoms with Gasteiger partial charge in [-0.2, -0.15) is 4.31 Å². The van der Waals surface area contributed by atoms with Gasteiger partial charge in [-0.1, -0.05) is 18.2 Å². The van der Waals surface area contributed by atoms with E-state index in [0.29, 0.717) is 18.0 Å². The molecule has 22 heavy (non-hydrogen) atoms. The topological polar surface area (TPSA) is 55.2 Å². The van der Waals surface area contributed by atoms with E-state index >= 15 is 0 Å². The molecule has 1 aliphatic heterocycles. The Labute approximate surface area is 131 Å². The van der Waals surface area contributed by atoms with Gasteiger partial charge in [-0.05, 0) is 31.9 Å². The largest absolute Gasteiger partial charge is 0.337 e. The smallest absolute Gasteiger partial charge is 0.243 e. The highest BCUT2D eigenvalue weighted by molar-refractivity contribution is 7.89. The first kappa shape index (κ1) is 15.2. The fourth-order valence-electron chi connectivity index (χ4n) is 3.16. The summed E-state index contributed by atoms with van der Waals surface area (Å²) in [4.78, 5) is 4.95. The summed E-state index contributed by atoms with van der Waals surface area (Å²) >= 11 is 0. The molecule has 1 aliphatic rings. The lowest BCUT2D eigenvalue weighted by molar-refractivity contribution is 0.469. The van der Waals surface area contributed by atoms with Crippen molar-refractivity contribution in [1.29, 1.82) is 0 Å². The average molecular weight is 319 g/mol. The Kier molecular flexibility index (Phi) is 3.82. The predicted octanol–water partition coefficient (Wildman–Crippen LogP) is 2.22. The standard InChI is InChI=1S/C16H21N3O2S/c1-12-6-4-5-7-15(12)22(20,21)19-9-8-14(11-19)16-17-13(2)10-18(16)3/h4-7,10,14H,8-9,11H2,1-3H3. The molecule has 1 aromatic heterocycles. The van der Waals surface area contributed by atoms with E-state index in [0.717, 1.165) is 23.5 Å². The van der Waals surface area contributed by atoms with Crippen LogP contribution in [0.15, 0.2) is 35.4 Å². The molecule has 1 unspecified atom stereocenters. The first-order valence-corrected chi connectivity index (χ1v) is 8.89. The Hall–Kier alpha value is -1.66. The molecule has 0 amide bonds. The maximum absolute atomic E-state index is 12.8. The van der Waals surface area contributed by atoms with Gasteiger partial charge in [-0.15, -0.1) is 0 Å². The Balaban J connectivity index is 1.86. The first-order chi connectivity index (χ1) is 10.4. The number of sulfonamides is 1. The summed E-state index contributed by atoms with van der Waals surface area (Å²) in [5, 5.41) is 0. The molecule has 1 saturated heterocycles. The zero-order chi connectivity index (χ0) is 15.9. The number of hydrogen-bond donors (Lipinski definition) is 0. The van der Waals surface area contributed by atoms with Gasteiger partial charge in [0, 0.05) is 32.3 Å². The minimum Gasteiger partial charge on any atom is -0.337 e. The van der Waals surface area contributed by atoms with Crippen molar-refractivity contribution in [1.82, 2.24) is 13.9 Å². The zero-order valence-electron chi connectivity index (χ0n) is 13.2. The molecule has 0 aliphatic carbocycles. The van der Waals surface area contributed by atoms with E-state index in [1.807, 2.05) is 43.8 Å². The summed E-state index contributed by atoms with van der Waals surface area (Å²) in [5.74, 6) is 1.14. The Bertz CT molecular complexity index is 795. The normalized spacial score (nSPS) is 19.7. The molecule has 1 atom stereocenters. The van der Waals surface area contributed by atoms with E-state index in [9.17, 15) is 8.42 Å². The van der Waals surface area contributed by atoms with Gasteiger partial charge in [-0.25, -0.2) is 13.4 Å². The van der Waals surface area contributed by atoms with Gasteiger partial charge in [0.25, 0.3) is 0 Å². The molecule has 2 aromatic rings. The second-order valence-electron chi connectivity index (χ2n) is 5.97. The van der Waals surface area contributed by atoms with E-state index < -0.39 is 10.0 Å². The number of rotatable bonds is 3. The van der Waals surface area contributed by atoms with Crippen molar-refractivity contribution in [3.8, 4) is 0 Å². The number of nitrogens with zero attached hydrogens (tertiary/aromatic N) is 3. The van der Waals surface area contributed by atoms with Crippen molar-refractivity contribution in [2.45, 2.75) is 31.1 Å². The van der Waals surface area contributed by atoms with Gasteiger partial charge < -0.3 is 4.57 Å². The van der Waals surface area contributed by atoms with Gasteiger partial charge in [0.15, 0.2) is 0 Å². The lowest BCUT2D eigenvalue weighted by atomic mass is 10.1. The van der Waals surface area contributed by atoms with Gasteiger partial charge in [0.2, 0.25) is 10.0 Å². The third-order valence-electron chi connectivity index (χ3n) is 4.26. The first-order valence-electron chi connectivity index (χ1n) is 7.45. The third-order valence-corrected chi connectivity index (χ3v) is 6.29. The van der Waals surface area contributed by atoms with Crippen LogP contribution in [0.3, 0.4) is 0 Å². The van der Waals surface area contributed by atoms with Crippen LogP contribution >= 0.6 is 0 Å². The highest BCUT2D eigenvalue weighted by atomic mass is 32.2. The van der Waals surface area contributed by atoms with Crippen LogP contribution in [-0.4, -0.2) is 35.4 Å². The third kappa shape index (κ3) is 2.57. The van der Waals surface area contributed by atoms with Crippen molar-refractivity contribution < 1.29 is 8.42 Å². The van der Waals surface area contributed by atoms with Crippen molar-refractivity contribution >= 4 is 10.0 Å². The summed E-state index contributed by atoms with van der Waals surface area (Å²) in [6, 6.07) is 7.15. The van der Waals surface area contributed by atoms with Crippen LogP contribution < -0.4 is 0 Å². The lowest BCUT2D eigenvalue weighted by Gasteiger charge is -2.18. The molecule has 0 saturated carbocycles. The van der Waals surface area contributed by atoms with Crippen LogP contribution in [-0.2, 0) is 17.1 Å². The fraction of sp³-hybridized carbons (Fsp3) is 0.438. The Morgan fingerprint density at radius 2 is 1.95 bits per heavy atom. The van der Waals surface area contributed by atoms with Crippen LogP contribution in [0.25, 0.3) is 0 Å². The van der Waals surface area contributed by atoms with Crippen LogP contribution in [0.5, 0.6) is 0 Å². The van der Waals surface area contributed by atoms with Crippen LogP contribution in [0.2, 0.25) is 0 Å². The van der Waals surface area contributed by atoms with E-state index in [2.05, 4.69) is 4.98 Å². The predicted molar refractivity (Wildman–Crippen MR) is 85.2 cm³/mol. The summed E-state index contributed by atoms with van der Waals surface area (Å²) in [6.07, 6.45) is 2.79. The van der Waals surface area contributed by atoms with Crippen molar-refractivity contribution in [3.05, 3.63) is 47.5 Å². The molecule has 2 heterocycles. The Morgan fingerprint density at radius 1 is 1.23 bits per heavy atom. The maximum Gasteiger partial charge on any atom is 0.243 e. The minimum absolute atomic E-state index is 0.164. The average Bonchev–Trinajstić information content (AvgIpc) is 3.06. The molecule has 0 radical (unpaired) electrons. The number of hydrogen-bond acceptors (Lipinski definition) is 3. The van der Waals surface area contributed by atoms with E-state index in [-0.39, 0.29) is 5.92 Å². The van der Waals surface area contributed by atoms with E-state index in [4.69, 9.17) is 0 Å². The molecule has 3 rings (SSSR count). The van der Waals surface area contributed by atoms with Gasteiger partial charge in [0.1, 0.15) is 5.82 Å². The molecular formula is C16H21N3O2S. The lowest BCUT2D eigenvalue weighted by Crippen LogP contribution is -2.29. The van der Waals surface area contributed by atoms with Gasteiger partial charge in [-0.3, -0.25) is 0 Å². The quantitative estimate of drug-likeness (QED) is 0.871. The molecule has 0 spiro atoms. The van der Waals surface area contributed by atoms with Gasteiger partial charge in [0.05, 0.1) is 10.6 Å². The van der Waals surface area contributed by atoms with Crippen LogP contribution in [0.1, 0.15) is 29.4 Å². The summed E-state index contributed by atoms with van der Waals surface area (Å²) in [5.41, 5.74) is 1.76. The molecule has 118 valence electrons. The number of aromatic nitrogens is 2. The molecule has 1 fully saturated rings. The minimum atomic E-state index is -3.42. The highest BCUT2D eigenvalue weighted by Crippen LogP contribution is 2.31. The Morgan fingerprint density at radius 3 is 2.59 bits per heavy atom. The fourth-order valence-corrected chi connectivity index (χ4v) is 4.88. The molecule has 5 nitrogen and oxygen atoms in total. The summed E-state index contributed by atoms with van der Waals surface area (Å²) in [6.45, 7) is 4.84. The number of imidazole rings is 1. The van der Waals surface area contributed by atoms with Crippen molar-refractivity contribution in [2.75, 3.05) is 13.1 Å². The van der Waals surface area contributed by atoms with E-state index in [1.165, 1.54) is 0 Å². The summed E-state index contributed by atoms with van der Waals surface area (Å²) in [7, 11) is -1.45. The molecule has 0 N–H and O–H groups in total. The van der Waals surface area contributed by atoms with Crippen LogP contribution in [0.4, 0.5) is 0 Å². The zero-order valence-corrected chi connectivity index (χ0v) is 14.0. The van der Waals surface area contributed by atoms with Crippen molar-refractivity contribution in [2.24, 2.45) is 7.05 Å². The molecule has 6 heteroatoms. The summed E-state index contributed by atoms with van der Waals surface area (Å²) < 4.78 is 29.2. The molecule has 0 bridgehead atoms. The van der Waals surface area contributed by atoms with Crippen molar-refractivity contribution in [3.63, 3.8) is 0 Å². The number of aryl methyl sites for hydroxylation is 3. The SMILES string of the molecule is Cc1cn(C)c(C2CCN(S(=O)(=O)c3ccccc3C)C2)n1. The second kappa shape index (κ2) is 5.52. The second-order valence-corrected chi connectivity index (χ2v) is 7.87. The number of benzene rings is 1. The molecule has 1 aromatic carbocycles. The van der Waals surface area contributed by atoms with E-state index in [1.54, 1.807) is 16.4 Å². The van der Waals surface area contributed by atoms with Crippen LogP contribution in [0, 0.1) is 13.8 Å². The molecular weight excluding hydrogens is 298 g/mol.